The zero-order valence-corrected chi connectivity index (χ0v) is 12.5. The predicted octanol–water partition coefficient (Wildman–Crippen LogP) is 3.50. The zero-order chi connectivity index (χ0) is 13.8. The Labute approximate surface area is 115 Å². The minimum atomic E-state index is -0.255. The summed E-state index contributed by atoms with van der Waals surface area (Å²) in [4.78, 5) is 14.8. The molecule has 1 aliphatic carbocycles. The molecule has 1 aliphatic rings. The van der Waals surface area contributed by atoms with Crippen molar-refractivity contribution in [2.24, 2.45) is 5.41 Å². The van der Waals surface area contributed by atoms with Gasteiger partial charge in [-0.3, -0.25) is 4.79 Å². The van der Waals surface area contributed by atoms with Gasteiger partial charge in [0, 0.05) is 17.7 Å². The minimum Gasteiger partial charge on any atom is -0.330 e. The van der Waals surface area contributed by atoms with Gasteiger partial charge in [-0.25, -0.2) is 4.84 Å². The van der Waals surface area contributed by atoms with Crippen LogP contribution in [0.3, 0.4) is 0 Å². The Morgan fingerprint density at radius 2 is 1.83 bits per heavy atom. The van der Waals surface area contributed by atoms with E-state index in [1.165, 1.54) is 0 Å². The summed E-state index contributed by atoms with van der Waals surface area (Å²) in [5, 5.41) is 2.82. The molecule has 0 heterocycles. The number of carbonyl (C=O) groups is 1. The van der Waals surface area contributed by atoms with Crippen LogP contribution in [0.25, 0.3) is 0 Å². The molecule has 0 aromatic carbocycles. The maximum absolute atomic E-state index is 11.9. The van der Waals surface area contributed by atoms with Crippen molar-refractivity contribution in [3.63, 3.8) is 0 Å². The standard InChI is InChI=1S/C14H25ClN2O/c1-5-11(2)16-12(18)10-14(17-15)8-6-13(3,4)7-9-14/h17H,2,5-10H2,1,3-4H3,(H,16,18). The molecule has 0 atom stereocenters. The van der Waals surface area contributed by atoms with Crippen LogP contribution in [0.5, 0.6) is 0 Å². The van der Waals surface area contributed by atoms with Crippen molar-refractivity contribution in [3.8, 4) is 0 Å². The van der Waals surface area contributed by atoms with Gasteiger partial charge >= 0.3 is 0 Å². The largest absolute Gasteiger partial charge is 0.330 e. The molecule has 2 N–H and O–H groups in total. The molecule has 0 aliphatic heterocycles. The Morgan fingerprint density at radius 1 is 1.28 bits per heavy atom. The van der Waals surface area contributed by atoms with Crippen LogP contribution >= 0.6 is 11.8 Å². The third-order valence-electron chi connectivity index (χ3n) is 4.00. The van der Waals surface area contributed by atoms with Crippen LogP contribution in [0.15, 0.2) is 12.3 Å². The lowest BCUT2D eigenvalue weighted by Gasteiger charge is -2.42. The molecule has 1 saturated carbocycles. The van der Waals surface area contributed by atoms with Gasteiger partial charge in [-0.2, -0.15) is 0 Å². The number of hydrogen-bond acceptors (Lipinski definition) is 2. The van der Waals surface area contributed by atoms with Crippen molar-refractivity contribution in [1.29, 1.82) is 0 Å². The lowest BCUT2D eigenvalue weighted by molar-refractivity contribution is -0.122. The van der Waals surface area contributed by atoms with E-state index in [-0.39, 0.29) is 11.4 Å². The average molecular weight is 273 g/mol. The summed E-state index contributed by atoms with van der Waals surface area (Å²) < 4.78 is 0. The van der Waals surface area contributed by atoms with Crippen LogP contribution < -0.4 is 10.2 Å². The second kappa shape index (κ2) is 6.07. The Kier molecular flexibility index (Phi) is 5.23. The first kappa shape index (κ1) is 15.5. The van der Waals surface area contributed by atoms with Crippen LogP contribution in [0, 0.1) is 5.41 Å². The fraction of sp³-hybridized carbons (Fsp3) is 0.786. The maximum Gasteiger partial charge on any atom is 0.226 e. The Balaban J connectivity index is 2.57. The molecule has 0 radical (unpaired) electrons. The van der Waals surface area contributed by atoms with Gasteiger partial charge in [0.15, 0.2) is 0 Å². The Morgan fingerprint density at radius 3 is 2.28 bits per heavy atom. The summed E-state index contributed by atoms with van der Waals surface area (Å²) in [7, 11) is 0. The van der Waals surface area contributed by atoms with E-state index in [4.69, 9.17) is 11.8 Å². The van der Waals surface area contributed by atoms with E-state index < -0.39 is 0 Å². The lowest BCUT2D eigenvalue weighted by atomic mass is 9.68. The summed E-state index contributed by atoms with van der Waals surface area (Å²) in [6.07, 6.45) is 5.25. The monoisotopic (exact) mass is 272 g/mol. The number of hydrogen-bond donors (Lipinski definition) is 2. The van der Waals surface area contributed by atoms with Crippen LogP contribution in [-0.2, 0) is 4.79 Å². The molecule has 1 rings (SSSR count). The number of carbonyl (C=O) groups excluding carboxylic acids is 1. The fourth-order valence-corrected chi connectivity index (χ4v) is 2.60. The summed E-state index contributed by atoms with van der Waals surface area (Å²) in [5.41, 5.74) is 0.872. The van der Waals surface area contributed by atoms with E-state index in [0.717, 1.165) is 37.8 Å². The highest BCUT2D eigenvalue weighted by atomic mass is 35.5. The van der Waals surface area contributed by atoms with Gasteiger partial charge in [-0.05, 0) is 49.3 Å². The first-order valence-corrected chi connectivity index (χ1v) is 7.06. The molecule has 0 bridgehead atoms. The van der Waals surface area contributed by atoms with Gasteiger partial charge in [-0.1, -0.05) is 27.4 Å². The van der Waals surface area contributed by atoms with Gasteiger partial charge < -0.3 is 5.32 Å². The average Bonchev–Trinajstić information content (AvgIpc) is 2.32. The summed E-state index contributed by atoms with van der Waals surface area (Å²) in [5.74, 6) is 0.00899. The molecule has 0 aromatic heterocycles. The van der Waals surface area contributed by atoms with Gasteiger partial charge in [0.1, 0.15) is 0 Å². The predicted molar refractivity (Wildman–Crippen MR) is 76.2 cm³/mol. The lowest BCUT2D eigenvalue weighted by Crippen LogP contribution is -2.48. The van der Waals surface area contributed by atoms with E-state index in [0.29, 0.717) is 11.8 Å². The quantitative estimate of drug-likeness (QED) is 0.752. The number of halogens is 1. The molecule has 1 amide bonds. The van der Waals surface area contributed by atoms with Crippen molar-refractivity contribution in [1.82, 2.24) is 10.2 Å². The molecule has 104 valence electrons. The number of amides is 1. The van der Waals surface area contributed by atoms with Crippen molar-refractivity contribution < 1.29 is 4.79 Å². The van der Waals surface area contributed by atoms with E-state index in [9.17, 15) is 4.79 Å². The van der Waals surface area contributed by atoms with Gasteiger partial charge in [0.2, 0.25) is 5.91 Å². The third kappa shape index (κ3) is 4.29. The Hall–Kier alpha value is -0.540. The topological polar surface area (TPSA) is 41.1 Å². The highest BCUT2D eigenvalue weighted by Gasteiger charge is 2.39. The number of allylic oxidation sites excluding steroid dienone is 1. The van der Waals surface area contributed by atoms with Gasteiger partial charge in [-0.15, -0.1) is 0 Å². The summed E-state index contributed by atoms with van der Waals surface area (Å²) in [6, 6.07) is 0. The van der Waals surface area contributed by atoms with E-state index in [2.05, 4.69) is 30.6 Å². The van der Waals surface area contributed by atoms with Gasteiger partial charge in [0.25, 0.3) is 0 Å². The summed E-state index contributed by atoms with van der Waals surface area (Å²) in [6.45, 7) is 10.3. The molecule has 0 saturated heterocycles. The molecule has 0 unspecified atom stereocenters. The van der Waals surface area contributed by atoms with Crippen molar-refractivity contribution in [2.45, 2.75) is 64.8 Å². The first-order chi connectivity index (χ1) is 8.32. The first-order valence-electron chi connectivity index (χ1n) is 6.68. The summed E-state index contributed by atoms with van der Waals surface area (Å²) >= 11 is 5.89. The van der Waals surface area contributed by atoms with Crippen LogP contribution in [-0.4, -0.2) is 11.4 Å². The third-order valence-corrected chi connectivity index (χ3v) is 4.40. The normalized spacial score (nSPS) is 21.3. The van der Waals surface area contributed by atoms with E-state index in [1.54, 1.807) is 0 Å². The SMILES string of the molecule is C=C(CC)NC(=O)CC1(NCl)CCC(C)(C)CC1. The molecule has 1 fully saturated rings. The maximum atomic E-state index is 11.9. The smallest absolute Gasteiger partial charge is 0.226 e. The van der Waals surface area contributed by atoms with E-state index >= 15 is 0 Å². The van der Waals surface area contributed by atoms with Crippen LogP contribution in [0.4, 0.5) is 0 Å². The molecule has 18 heavy (non-hydrogen) atoms. The second-order valence-corrected chi connectivity index (χ2v) is 6.41. The van der Waals surface area contributed by atoms with Crippen LogP contribution in [0.2, 0.25) is 0 Å². The second-order valence-electron chi connectivity index (χ2n) is 6.22. The highest BCUT2D eigenvalue weighted by Crippen LogP contribution is 2.41. The van der Waals surface area contributed by atoms with Crippen molar-refractivity contribution >= 4 is 17.7 Å². The molecular formula is C14H25ClN2O. The van der Waals surface area contributed by atoms with Crippen LogP contribution in [0.1, 0.15) is 59.3 Å². The minimum absolute atomic E-state index is 0.00899. The van der Waals surface area contributed by atoms with Gasteiger partial charge in [0.05, 0.1) is 0 Å². The van der Waals surface area contributed by atoms with E-state index in [1.807, 2.05) is 6.92 Å². The Bertz CT molecular complexity index is 316. The molecular weight excluding hydrogens is 248 g/mol. The fourth-order valence-electron chi connectivity index (χ4n) is 2.35. The molecule has 0 aromatic rings. The number of rotatable bonds is 5. The van der Waals surface area contributed by atoms with Crippen molar-refractivity contribution in [3.05, 3.63) is 12.3 Å². The highest BCUT2D eigenvalue weighted by molar-refractivity contribution is 6.14. The van der Waals surface area contributed by atoms with Crippen molar-refractivity contribution in [2.75, 3.05) is 0 Å². The molecule has 0 spiro atoms. The number of nitrogens with one attached hydrogen (secondary N) is 2. The molecule has 4 heteroatoms. The zero-order valence-electron chi connectivity index (χ0n) is 11.7. The molecule has 3 nitrogen and oxygen atoms in total.